The number of aromatic nitrogens is 2. The predicted octanol–water partition coefficient (Wildman–Crippen LogP) is 3.72. The third-order valence-electron chi connectivity index (χ3n) is 4.38. The van der Waals surface area contributed by atoms with E-state index in [0.717, 1.165) is 16.8 Å². The average Bonchev–Trinajstić information content (AvgIpc) is 3.21. The number of para-hydroxylation sites is 1. The van der Waals surface area contributed by atoms with Crippen LogP contribution in [0.2, 0.25) is 0 Å². The Morgan fingerprint density at radius 3 is 2.45 bits per heavy atom. The molecule has 0 fully saturated rings. The van der Waals surface area contributed by atoms with Crippen molar-refractivity contribution in [3.8, 4) is 11.4 Å². The monoisotopic (exact) mass is 433 g/mol. The first-order chi connectivity index (χ1) is 14.7. The summed E-state index contributed by atoms with van der Waals surface area (Å²) in [5, 5.41) is 3.98. The fourth-order valence-corrected chi connectivity index (χ4v) is 2.69. The van der Waals surface area contributed by atoms with Crippen LogP contribution >= 0.6 is 0 Å². The van der Waals surface area contributed by atoms with Crippen molar-refractivity contribution in [1.82, 2.24) is 9.78 Å². The van der Waals surface area contributed by atoms with Gasteiger partial charge in [-0.1, -0.05) is 24.3 Å². The lowest BCUT2D eigenvalue weighted by atomic mass is 10.2. The molecule has 1 amide bonds. The molecule has 7 nitrogen and oxygen atoms in total. The summed E-state index contributed by atoms with van der Waals surface area (Å²) in [6.45, 7) is -0.552. The largest absolute Gasteiger partial charge is 0.493 e. The number of alkyl halides is 3. The van der Waals surface area contributed by atoms with Crippen LogP contribution in [0.1, 0.15) is 16.1 Å². The minimum Gasteiger partial charge on any atom is -0.493 e. The van der Waals surface area contributed by atoms with E-state index in [1.807, 2.05) is 0 Å². The van der Waals surface area contributed by atoms with Crippen molar-refractivity contribution in [3.63, 3.8) is 0 Å². The lowest BCUT2D eigenvalue weighted by Crippen LogP contribution is -2.31. The van der Waals surface area contributed by atoms with Gasteiger partial charge in [0.1, 0.15) is 0 Å². The molecule has 1 aromatic heterocycles. The molecule has 0 atom stereocenters. The van der Waals surface area contributed by atoms with Crippen LogP contribution in [-0.4, -0.2) is 42.4 Å². The van der Waals surface area contributed by atoms with Crippen molar-refractivity contribution < 1.29 is 32.2 Å². The number of carbonyl (C=O) groups is 2. The quantitative estimate of drug-likeness (QED) is 0.554. The molecule has 0 aliphatic heterocycles. The minimum atomic E-state index is -4.53. The first kappa shape index (κ1) is 21.9. The second kappa shape index (κ2) is 8.90. The standard InChI is InChI=1S/C21H18F3N3O4/c1-26(15-8-4-3-5-9-15)18(28)13-31-20(29)19-17(30-2)12-27(25-19)16-10-6-7-14(11-16)21(22,23)24/h3-12H,13H2,1-2H3. The molecule has 10 heteroatoms. The zero-order valence-corrected chi connectivity index (χ0v) is 16.6. The molecule has 0 aliphatic rings. The minimum absolute atomic E-state index is 0.00808. The summed E-state index contributed by atoms with van der Waals surface area (Å²) in [6, 6.07) is 13.2. The highest BCUT2D eigenvalue weighted by atomic mass is 19.4. The second-order valence-corrected chi connectivity index (χ2v) is 6.40. The number of benzene rings is 2. The van der Waals surface area contributed by atoms with Crippen molar-refractivity contribution >= 4 is 17.6 Å². The van der Waals surface area contributed by atoms with Crippen LogP contribution in [0, 0.1) is 0 Å². The molecule has 0 radical (unpaired) electrons. The van der Waals surface area contributed by atoms with Gasteiger partial charge in [-0.15, -0.1) is 0 Å². The number of amides is 1. The smallest absolute Gasteiger partial charge is 0.416 e. The molecule has 0 spiro atoms. The van der Waals surface area contributed by atoms with Gasteiger partial charge >= 0.3 is 12.1 Å². The highest BCUT2D eigenvalue weighted by Crippen LogP contribution is 2.30. The third-order valence-corrected chi connectivity index (χ3v) is 4.38. The van der Waals surface area contributed by atoms with Crippen molar-refractivity contribution in [2.24, 2.45) is 0 Å². The van der Waals surface area contributed by atoms with Crippen LogP contribution in [0.3, 0.4) is 0 Å². The number of ether oxygens (including phenoxy) is 2. The lowest BCUT2D eigenvalue weighted by molar-refractivity contribution is -0.137. The molecule has 0 bridgehead atoms. The van der Waals surface area contributed by atoms with Gasteiger partial charge < -0.3 is 14.4 Å². The highest BCUT2D eigenvalue weighted by Gasteiger charge is 2.31. The van der Waals surface area contributed by atoms with E-state index in [9.17, 15) is 22.8 Å². The van der Waals surface area contributed by atoms with E-state index >= 15 is 0 Å². The van der Waals surface area contributed by atoms with Crippen molar-refractivity contribution in [2.45, 2.75) is 6.18 Å². The Labute approximate surface area is 175 Å². The van der Waals surface area contributed by atoms with E-state index in [4.69, 9.17) is 9.47 Å². The van der Waals surface area contributed by atoms with Crippen LogP contribution in [0.4, 0.5) is 18.9 Å². The van der Waals surface area contributed by atoms with Gasteiger partial charge in [0.05, 0.1) is 24.6 Å². The molecule has 1 heterocycles. The summed E-state index contributed by atoms with van der Waals surface area (Å²) in [4.78, 5) is 26.0. The predicted molar refractivity (Wildman–Crippen MR) is 105 cm³/mol. The van der Waals surface area contributed by atoms with Crippen LogP contribution in [0.25, 0.3) is 5.69 Å². The van der Waals surface area contributed by atoms with Crippen molar-refractivity contribution in [1.29, 1.82) is 0 Å². The van der Waals surface area contributed by atoms with Crippen molar-refractivity contribution in [3.05, 3.63) is 72.1 Å². The maximum Gasteiger partial charge on any atom is 0.416 e. The van der Waals surface area contributed by atoms with E-state index in [2.05, 4.69) is 5.10 Å². The van der Waals surface area contributed by atoms with Crippen LogP contribution in [-0.2, 0) is 15.7 Å². The van der Waals surface area contributed by atoms with Gasteiger partial charge in [-0.2, -0.15) is 18.3 Å². The fraction of sp³-hybridized carbons (Fsp3) is 0.190. The Hall–Kier alpha value is -3.82. The zero-order valence-electron chi connectivity index (χ0n) is 16.6. The van der Waals surface area contributed by atoms with Gasteiger partial charge in [-0.05, 0) is 30.3 Å². The molecule has 0 N–H and O–H groups in total. The maximum atomic E-state index is 13.0. The number of nitrogens with zero attached hydrogens (tertiary/aromatic N) is 3. The van der Waals surface area contributed by atoms with Gasteiger partial charge in [0.25, 0.3) is 5.91 Å². The third kappa shape index (κ3) is 5.03. The summed E-state index contributed by atoms with van der Waals surface area (Å²) >= 11 is 0. The fourth-order valence-electron chi connectivity index (χ4n) is 2.69. The number of halogens is 3. The Kier molecular flexibility index (Phi) is 6.28. The molecule has 3 aromatic rings. The SMILES string of the molecule is COc1cn(-c2cccc(C(F)(F)F)c2)nc1C(=O)OCC(=O)N(C)c1ccccc1. The van der Waals surface area contributed by atoms with E-state index in [0.29, 0.717) is 5.69 Å². The molecular weight excluding hydrogens is 415 g/mol. The molecule has 0 aliphatic carbocycles. The highest BCUT2D eigenvalue weighted by molar-refractivity contribution is 5.97. The molecular formula is C21H18F3N3O4. The number of esters is 1. The van der Waals surface area contributed by atoms with Gasteiger partial charge in [0, 0.05) is 12.7 Å². The normalized spacial score (nSPS) is 11.1. The Morgan fingerprint density at radius 2 is 1.81 bits per heavy atom. The molecule has 31 heavy (non-hydrogen) atoms. The topological polar surface area (TPSA) is 73.7 Å². The van der Waals surface area contributed by atoms with Crippen molar-refractivity contribution in [2.75, 3.05) is 25.7 Å². The zero-order chi connectivity index (χ0) is 22.6. The summed E-state index contributed by atoms with van der Waals surface area (Å²) in [5.41, 5.74) is -0.435. The lowest BCUT2D eigenvalue weighted by Gasteiger charge is -2.16. The number of hydrogen-bond acceptors (Lipinski definition) is 5. The number of anilines is 1. The number of likely N-dealkylation sites (N-methyl/N-ethyl adjacent to an activating group) is 1. The Balaban J connectivity index is 1.75. The summed E-state index contributed by atoms with van der Waals surface area (Å²) in [7, 11) is 2.81. The van der Waals surface area contributed by atoms with Gasteiger partial charge in [0.15, 0.2) is 12.4 Å². The Bertz CT molecular complexity index is 1080. The molecule has 0 unspecified atom stereocenters. The number of carbonyl (C=O) groups excluding carboxylic acids is 2. The molecule has 2 aromatic carbocycles. The first-order valence-corrected chi connectivity index (χ1v) is 9.00. The molecule has 3 rings (SSSR count). The van der Waals surface area contributed by atoms with Crippen LogP contribution in [0.5, 0.6) is 5.75 Å². The average molecular weight is 433 g/mol. The van der Waals surface area contributed by atoms with Gasteiger partial charge in [-0.3, -0.25) is 4.79 Å². The van der Waals surface area contributed by atoms with Crippen LogP contribution in [0.15, 0.2) is 60.8 Å². The number of hydrogen-bond donors (Lipinski definition) is 0. The van der Waals surface area contributed by atoms with Gasteiger partial charge in [0.2, 0.25) is 5.69 Å². The second-order valence-electron chi connectivity index (χ2n) is 6.40. The van der Waals surface area contributed by atoms with Crippen LogP contribution < -0.4 is 9.64 Å². The molecule has 0 saturated heterocycles. The van der Waals surface area contributed by atoms with E-state index in [1.165, 1.54) is 37.4 Å². The Morgan fingerprint density at radius 1 is 1.10 bits per heavy atom. The maximum absolute atomic E-state index is 13.0. The van der Waals surface area contributed by atoms with E-state index < -0.39 is 30.2 Å². The number of rotatable bonds is 6. The van der Waals surface area contributed by atoms with E-state index in [-0.39, 0.29) is 17.1 Å². The molecule has 162 valence electrons. The summed E-state index contributed by atoms with van der Waals surface area (Å²) in [6.07, 6.45) is -3.27. The summed E-state index contributed by atoms with van der Waals surface area (Å²) < 4.78 is 50.1. The van der Waals surface area contributed by atoms with E-state index in [1.54, 1.807) is 30.3 Å². The first-order valence-electron chi connectivity index (χ1n) is 9.00. The molecule has 0 saturated carbocycles. The number of methoxy groups -OCH3 is 1. The van der Waals surface area contributed by atoms with Gasteiger partial charge in [-0.25, -0.2) is 9.48 Å². The summed E-state index contributed by atoms with van der Waals surface area (Å²) in [5.74, 6) is -1.43.